The average Bonchev–Trinajstić information content (AvgIpc) is 3.11. The smallest absolute Gasteiger partial charge is 0.410 e. The molecule has 0 radical (unpaired) electrons. The van der Waals surface area contributed by atoms with E-state index in [0.29, 0.717) is 25.7 Å². The number of nitrogens with one attached hydrogen (secondary N) is 1. The van der Waals surface area contributed by atoms with Gasteiger partial charge in [-0.25, -0.2) is 9.18 Å². The number of hydrogen-bond acceptors (Lipinski definition) is 9. The van der Waals surface area contributed by atoms with Crippen molar-refractivity contribution in [1.82, 2.24) is 10.2 Å². The number of carbonyl (C=O) groups is 4. The quantitative estimate of drug-likeness (QED) is 0.194. The number of esters is 2. The minimum absolute atomic E-state index is 0.0108. The van der Waals surface area contributed by atoms with Crippen LogP contribution in [0.1, 0.15) is 75.7 Å². The molecule has 1 heterocycles. The molecule has 2 amide bonds. The number of piperidine rings is 1. The molecule has 2 atom stereocenters. The molecule has 1 saturated carbocycles. The fraction of sp³-hybridized carbons (Fsp3) is 0.487. The summed E-state index contributed by atoms with van der Waals surface area (Å²) in [4.78, 5) is 53.8. The topological polar surface area (TPSA) is 130 Å². The van der Waals surface area contributed by atoms with Crippen LogP contribution in [0.15, 0.2) is 54.6 Å². The van der Waals surface area contributed by atoms with Gasteiger partial charge in [0.05, 0.1) is 37.2 Å². The van der Waals surface area contributed by atoms with Gasteiger partial charge in [0, 0.05) is 25.2 Å². The SMILES string of the molecule is COC(=O)[C@H]1CN(C(=O)OC(C)(C)C)CC[C@H]1NC(=O)c1cc(OC2CCC(C)(C(=O)OCc3cccc4ccccc34)CC2)c(F)cc1OC. The van der Waals surface area contributed by atoms with Crippen LogP contribution < -0.4 is 14.8 Å². The number of halogens is 1. The van der Waals surface area contributed by atoms with Crippen LogP contribution in [0, 0.1) is 17.2 Å². The van der Waals surface area contributed by atoms with E-state index in [-0.39, 0.29) is 49.1 Å². The minimum Gasteiger partial charge on any atom is -0.496 e. The van der Waals surface area contributed by atoms with Gasteiger partial charge in [0.25, 0.3) is 5.91 Å². The normalized spacial score (nSPS) is 22.1. The van der Waals surface area contributed by atoms with Crippen LogP contribution in [-0.2, 0) is 30.4 Å². The van der Waals surface area contributed by atoms with Gasteiger partial charge in [0.1, 0.15) is 18.0 Å². The zero-order chi connectivity index (χ0) is 36.9. The van der Waals surface area contributed by atoms with Crippen molar-refractivity contribution in [3.8, 4) is 11.5 Å². The lowest BCUT2D eigenvalue weighted by Crippen LogP contribution is -2.55. The molecule has 5 rings (SSSR count). The van der Waals surface area contributed by atoms with E-state index < -0.39 is 52.9 Å². The van der Waals surface area contributed by atoms with Crippen molar-refractivity contribution >= 4 is 34.7 Å². The van der Waals surface area contributed by atoms with Crippen LogP contribution in [0.2, 0.25) is 0 Å². The van der Waals surface area contributed by atoms with Crippen LogP contribution >= 0.6 is 0 Å². The van der Waals surface area contributed by atoms with Crippen LogP contribution in [0.3, 0.4) is 0 Å². The van der Waals surface area contributed by atoms with Crippen LogP contribution in [0.5, 0.6) is 11.5 Å². The monoisotopic (exact) mass is 706 g/mol. The molecule has 1 N–H and O–H groups in total. The van der Waals surface area contributed by atoms with Crippen LogP contribution in [0.25, 0.3) is 10.8 Å². The molecule has 3 aromatic carbocycles. The van der Waals surface area contributed by atoms with E-state index in [4.69, 9.17) is 23.7 Å². The summed E-state index contributed by atoms with van der Waals surface area (Å²) in [6, 6.07) is 15.6. The molecule has 274 valence electrons. The van der Waals surface area contributed by atoms with Gasteiger partial charge in [-0.3, -0.25) is 14.4 Å². The predicted octanol–water partition coefficient (Wildman–Crippen LogP) is 6.59. The fourth-order valence-electron chi connectivity index (χ4n) is 6.69. The first-order chi connectivity index (χ1) is 24.2. The summed E-state index contributed by atoms with van der Waals surface area (Å²) >= 11 is 0. The van der Waals surface area contributed by atoms with E-state index in [2.05, 4.69) is 5.32 Å². The Kier molecular flexibility index (Phi) is 11.4. The molecule has 2 fully saturated rings. The first kappa shape index (κ1) is 37.4. The number of hydrogen-bond donors (Lipinski definition) is 1. The third-order valence-electron chi connectivity index (χ3n) is 9.64. The van der Waals surface area contributed by atoms with Gasteiger partial charge in [-0.2, -0.15) is 0 Å². The number of benzene rings is 3. The number of likely N-dealkylation sites (tertiary alicyclic amines) is 1. The van der Waals surface area contributed by atoms with Gasteiger partial charge < -0.3 is 33.9 Å². The highest BCUT2D eigenvalue weighted by atomic mass is 19.1. The number of nitrogens with zero attached hydrogens (tertiary/aromatic N) is 1. The first-order valence-electron chi connectivity index (χ1n) is 17.3. The Morgan fingerprint density at radius 1 is 0.961 bits per heavy atom. The van der Waals surface area contributed by atoms with E-state index in [1.807, 2.05) is 49.4 Å². The first-order valence-corrected chi connectivity index (χ1v) is 17.3. The molecule has 1 aliphatic heterocycles. The summed E-state index contributed by atoms with van der Waals surface area (Å²) in [5, 5.41) is 4.98. The molecule has 11 nitrogen and oxygen atoms in total. The lowest BCUT2D eigenvalue weighted by Gasteiger charge is -2.38. The van der Waals surface area contributed by atoms with Gasteiger partial charge in [-0.05, 0) is 82.2 Å². The molecular weight excluding hydrogens is 659 g/mol. The van der Waals surface area contributed by atoms with E-state index >= 15 is 4.39 Å². The summed E-state index contributed by atoms with van der Waals surface area (Å²) in [7, 11) is 2.56. The van der Waals surface area contributed by atoms with Crippen LogP contribution in [0.4, 0.5) is 9.18 Å². The van der Waals surface area contributed by atoms with Crippen molar-refractivity contribution in [2.24, 2.45) is 11.3 Å². The Hall–Kier alpha value is -4.87. The van der Waals surface area contributed by atoms with Gasteiger partial charge in [-0.15, -0.1) is 0 Å². The number of carbonyl (C=O) groups excluding carboxylic acids is 4. The molecular formula is C39H47FN2O9. The van der Waals surface area contributed by atoms with Gasteiger partial charge in [0.2, 0.25) is 0 Å². The van der Waals surface area contributed by atoms with Gasteiger partial charge >= 0.3 is 18.0 Å². The van der Waals surface area contributed by atoms with E-state index in [0.717, 1.165) is 22.4 Å². The molecule has 12 heteroatoms. The Morgan fingerprint density at radius 2 is 1.67 bits per heavy atom. The van der Waals surface area contributed by atoms with Gasteiger partial charge in [-0.1, -0.05) is 42.5 Å². The standard InChI is InChI=1S/C39H47FN2O9/c1-38(2,3)51-37(46)42-19-16-31(29(22-42)35(44)48-6)41-34(43)28-20-33(30(40)21-32(28)47-5)50-26-14-17-39(4,18-15-26)36(45)49-23-25-12-9-11-24-10-7-8-13-27(24)25/h7-13,20-21,26,29,31H,14-19,22-23H2,1-6H3,(H,41,43)/t26?,29-,31+,39?/m0/s1. The Morgan fingerprint density at radius 3 is 2.35 bits per heavy atom. The highest BCUT2D eigenvalue weighted by Gasteiger charge is 2.41. The third-order valence-corrected chi connectivity index (χ3v) is 9.64. The maximum Gasteiger partial charge on any atom is 0.410 e. The lowest BCUT2D eigenvalue weighted by atomic mass is 9.74. The molecule has 1 saturated heterocycles. The Balaban J connectivity index is 1.21. The number of ether oxygens (including phenoxy) is 5. The Bertz CT molecular complexity index is 1760. The molecule has 1 aliphatic carbocycles. The average molecular weight is 707 g/mol. The molecule has 0 bridgehead atoms. The van der Waals surface area contributed by atoms with Gasteiger partial charge in [0.15, 0.2) is 11.6 Å². The summed E-state index contributed by atoms with van der Waals surface area (Å²) in [6.07, 6.45) is 1.20. The van der Waals surface area contributed by atoms with Crippen molar-refractivity contribution in [3.05, 3.63) is 71.5 Å². The fourth-order valence-corrected chi connectivity index (χ4v) is 6.69. The van der Waals surface area contributed by atoms with Crippen LogP contribution in [-0.4, -0.2) is 73.9 Å². The zero-order valence-corrected chi connectivity index (χ0v) is 30.1. The minimum atomic E-state index is -0.863. The molecule has 0 aromatic heterocycles. The van der Waals surface area contributed by atoms with E-state index in [1.54, 1.807) is 20.8 Å². The lowest BCUT2D eigenvalue weighted by molar-refractivity contribution is -0.159. The second-order valence-corrected chi connectivity index (χ2v) is 14.5. The second-order valence-electron chi connectivity index (χ2n) is 14.5. The summed E-state index contributed by atoms with van der Waals surface area (Å²) in [5.41, 5.74) is -0.485. The summed E-state index contributed by atoms with van der Waals surface area (Å²) in [5.74, 6) is -3.19. The van der Waals surface area contributed by atoms with Crippen molar-refractivity contribution in [2.45, 2.75) is 84.2 Å². The highest BCUT2D eigenvalue weighted by Crippen LogP contribution is 2.40. The predicted molar refractivity (Wildman–Crippen MR) is 187 cm³/mol. The van der Waals surface area contributed by atoms with E-state index in [1.165, 1.54) is 25.2 Å². The van der Waals surface area contributed by atoms with Crippen molar-refractivity contribution in [3.63, 3.8) is 0 Å². The van der Waals surface area contributed by atoms with Crippen molar-refractivity contribution in [1.29, 1.82) is 0 Å². The Labute approximate surface area is 297 Å². The van der Waals surface area contributed by atoms with E-state index in [9.17, 15) is 19.2 Å². The molecule has 0 spiro atoms. The maximum absolute atomic E-state index is 15.3. The number of methoxy groups -OCH3 is 2. The molecule has 0 unspecified atom stereocenters. The maximum atomic E-state index is 15.3. The highest BCUT2D eigenvalue weighted by molar-refractivity contribution is 5.98. The molecule has 3 aromatic rings. The number of amides is 2. The third kappa shape index (κ3) is 8.90. The van der Waals surface area contributed by atoms with Crippen molar-refractivity contribution < 1.29 is 47.3 Å². The number of fused-ring (bicyclic) bond motifs is 1. The second kappa shape index (κ2) is 15.6. The zero-order valence-electron chi connectivity index (χ0n) is 30.1. The summed E-state index contributed by atoms with van der Waals surface area (Å²) < 4.78 is 42.9. The number of rotatable bonds is 9. The molecule has 51 heavy (non-hydrogen) atoms. The summed E-state index contributed by atoms with van der Waals surface area (Å²) in [6.45, 7) is 7.52. The molecule has 2 aliphatic rings. The largest absolute Gasteiger partial charge is 0.496 e. The van der Waals surface area contributed by atoms with Crippen molar-refractivity contribution in [2.75, 3.05) is 27.3 Å².